The van der Waals surface area contributed by atoms with Crippen molar-refractivity contribution in [1.29, 1.82) is 0 Å². The standard InChI is InChI=1S/C29H42O7/c1-24(2,35)10-9-20(32)29(36)14-28-13-21(33)27(6)16-11-17(30)23(34)25(3,4)15(16)7-8-19(27)26(28,5)12-18(31)22(28)29/h7,16,18-19,22-23,31,34-36H,8-14H2,1-6H3/t16-,18-,19+,22+,23-,26+,27+,28+,29+/m1/s1. The van der Waals surface area contributed by atoms with E-state index in [1.807, 2.05) is 20.8 Å². The molecule has 5 aliphatic carbocycles. The summed E-state index contributed by atoms with van der Waals surface area (Å²) in [5, 5.41) is 43.6. The number of aliphatic hydroxyl groups is 4. The fraction of sp³-hybridized carbons (Fsp3) is 0.828. The van der Waals surface area contributed by atoms with Gasteiger partial charge in [-0.3, -0.25) is 14.4 Å². The molecule has 4 fully saturated rings. The van der Waals surface area contributed by atoms with Crippen molar-refractivity contribution in [2.24, 2.45) is 39.4 Å². The molecule has 7 nitrogen and oxygen atoms in total. The van der Waals surface area contributed by atoms with Gasteiger partial charge in [-0.1, -0.05) is 39.3 Å². The minimum Gasteiger partial charge on any atom is -0.393 e. The fourth-order valence-electron chi connectivity index (χ4n) is 9.69. The maximum atomic E-state index is 14.1. The molecule has 5 aliphatic rings. The highest BCUT2D eigenvalue weighted by Gasteiger charge is 2.82. The van der Waals surface area contributed by atoms with Crippen LogP contribution in [0.4, 0.5) is 0 Å². The second-order valence-corrected chi connectivity index (χ2v) is 14.3. The van der Waals surface area contributed by atoms with Crippen LogP contribution in [-0.2, 0) is 14.4 Å². The van der Waals surface area contributed by atoms with Crippen LogP contribution < -0.4 is 0 Å². The fourth-order valence-corrected chi connectivity index (χ4v) is 9.69. The van der Waals surface area contributed by atoms with E-state index in [2.05, 4.69) is 13.0 Å². The molecule has 9 atom stereocenters. The van der Waals surface area contributed by atoms with E-state index in [9.17, 15) is 34.8 Å². The average Bonchev–Trinajstić information content (AvgIpc) is 2.92. The average molecular weight is 503 g/mol. The van der Waals surface area contributed by atoms with Crippen molar-refractivity contribution in [2.75, 3.05) is 0 Å². The molecule has 5 rings (SSSR count). The molecule has 4 N–H and O–H groups in total. The number of ketones is 3. The summed E-state index contributed by atoms with van der Waals surface area (Å²) in [6, 6.07) is 0. The lowest BCUT2D eigenvalue weighted by atomic mass is 9.33. The zero-order chi connectivity index (χ0) is 26.9. The summed E-state index contributed by atoms with van der Waals surface area (Å²) in [5.74, 6) is -1.73. The molecule has 0 saturated heterocycles. The van der Waals surface area contributed by atoms with Gasteiger partial charge in [0, 0.05) is 36.0 Å². The van der Waals surface area contributed by atoms with Crippen LogP contribution in [0.25, 0.3) is 0 Å². The number of aliphatic hydroxyl groups excluding tert-OH is 2. The summed E-state index contributed by atoms with van der Waals surface area (Å²) < 4.78 is 0. The van der Waals surface area contributed by atoms with E-state index in [0.29, 0.717) is 12.8 Å². The van der Waals surface area contributed by atoms with Crippen LogP contribution in [-0.4, -0.2) is 61.2 Å². The number of hydrogen-bond acceptors (Lipinski definition) is 7. The van der Waals surface area contributed by atoms with Gasteiger partial charge in [0.15, 0.2) is 11.6 Å². The predicted molar refractivity (Wildman–Crippen MR) is 132 cm³/mol. The molecule has 1 spiro atoms. The molecular formula is C29H42O7. The Bertz CT molecular complexity index is 1070. The van der Waals surface area contributed by atoms with Crippen LogP contribution in [0.1, 0.15) is 86.5 Å². The molecule has 0 unspecified atom stereocenters. The Hall–Kier alpha value is -1.41. The minimum atomic E-state index is -1.70. The van der Waals surface area contributed by atoms with E-state index >= 15 is 0 Å². The minimum absolute atomic E-state index is 0.0127. The lowest BCUT2D eigenvalue weighted by Crippen LogP contribution is -2.74. The molecule has 200 valence electrons. The second-order valence-electron chi connectivity index (χ2n) is 14.3. The Morgan fingerprint density at radius 2 is 1.78 bits per heavy atom. The highest BCUT2D eigenvalue weighted by Crippen LogP contribution is 2.80. The van der Waals surface area contributed by atoms with Crippen molar-refractivity contribution >= 4 is 17.3 Å². The van der Waals surface area contributed by atoms with E-state index in [4.69, 9.17) is 0 Å². The molecule has 7 heteroatoms. The third kappa shape index (κ3) is 2.97. The van der Waals surface area contributed by atoms with Crippen LogP contribution in [0, 0.1) is 39.4 Å². The number of allylic oxidation sites excluding steroid dienone is 1. The van der Waals surface area contributed by atoms with E-state index in [0.717, 1.165) is 5.57 Å². The van der Waals surface area contributed by atoms with E-state index < -0.39 is 51.0 Å². The first-order valence-corrected chi connectivity index (χ1v) is 13.5. The Kier molecular flexibility index (Phi) is 5.36. The van der Waals surface area contributed by atoms with Crippen LogP contribution in [0.3, 0.4) is 0 Å². The van der Waals surface area contributed by atoms with Crippen molar-refractivity contribution in [3.8, 4) is 0 Å². The van der Waals surface area contributed by atoms with Crippen molar-refractivity contribution in [1.82, 2.24) is 0 Å². The van der Waals surface area contributed by atoms with Crippen molar-refractivity contribution < 1.29 is 34.8 Å². The van der Waals surface area contributed by atoms with Gasteiger partial charge in [-0.15, -0.1) is 0 Å². The molecule has 4 saturated carbocycles. The molecule has 36 heavy (non-hydrogen) atoms. The number of Topliss-reactive ketones (excluding diaryl/α,β-unsaturated/α-hetero) is 3. The van der Waals surface area contributed by atoms with Crippen LogP contribution in [0.2, 0.25) is 0 Å². The lowest BCUT2D eigenvalue weighted by molar-refractivity contribution is -0.251. The first-order chi connectivity index (χ1) is 16.4. The summed E-state index contributed by atoms with van der Waals surface area (Å²) in [4.78, 5) is 40.2. The molecule has 0 aliphatic heterocycles. The number of rotatable bonds is 4. The van der Waals surface area contributed by atoms with Gasteiger partial charge < -0.3 is 20.4 Å². The Morgan fingerprint density at radius 3 is 2.39 bits per heavy atom. The Labute approximate surface area is 213 Å². The zero-order valence-corrected chi connectivity index (χ0v) is 22.4. The lowest BCUT2D eigenvalue weighted by Gasteiger charge is -2.70. The number of carbonyl (C=O) groups is 3. The van der Waals surface area contributed by atoms with Gasteiger partial charge in [0.1, 0.15) is 17.5 Å². The van der Waals surface area contributed by atoms with Crippen molar-refractivity contribution in [2.45, 2.75) is 110 Å². The van der Waals surface area contributed by atoms with Gasteiger partial charge in [-0.2, -0.15) is 0 Å². The summed E-state index contributed by atoms with van der Waals surface area (Å²) in [6.07, 6.45) is 1.77. The number of carbonyl (C=O) groups excluding carboxylic acids is 3. The first kappa shape index (κ1) is 26.2. The third-order valence-electron chi connectivity index (χ3n) is 11.7. The summed E-state index contributed by atoms with van der Waals surface area (Å²) in [5.41, 5.74) is -4.48. The van der Waals surface area contributed by atoms with Gasteiger partial charge >= 0.3 is 0 Å². The topological polar surface area (TPSA) is 132 Å². The van der Waals surface area contributed by atoms with Gasteiger partial charge in [-0.05, 0) is 62.2 Å². The Balaban J connectivity index is 1.53. The summed E-state index contributed by atoms with van der Waals surface area (Å²) in [7, 11) is 0. The first-order valence-electron chi connectivity index (χ1n) is 13.5. The van der Waals surface area contributed by atoms with Gasteiger partial charge in [0.2, 0.25) is 0 Å². The number of hydrogen-bond donors (Lipinski definition) is 4. The maximum Gasteiger partial charge on any atom is 0.164 e. The molecule has 0 amide bonds. The van der Waals surface area contributed by atoms with Crippen LogP contribution in [0.5, 0.6) is 0 Å². The zero-order valence-electron chi connectivity index (χ0n) is 22.4. The number of fused-ring (bicyclic) bond motifs is 4. The maximum absolute atomic E-state index is 14.1. The Morgan fingerprint density at radius 1 is 1.14 bits per heavy atom. The monoisotopic (exact) mass is 502 g/mol. The molecule has 0 radical (unpaired) electrons. The smallest absolute Gasteiger partial charge is 0.164 e. The van der Waals surface area contributed by atoms with Gasteiger partial charge in [0.25, 0.3) is 0 Å². The highest BCUT2D eigenvalue weighted by molar-refractivity contribution is 5.94. The molecular weight excluding hydrogens is 460 g/mol. The SMILES string of the molecule is CC(C)(O)CCC(=O)[C@@]1(O)C[C@]23CC(=O)[C@@]4(C)[C@@H]5CC(=O)[C@@H](O)C(C)(C)C5=CC[C@H]4[C@]2(C)C[C@@H](O)[C@@H]31. The van der Waals surface area contributed by atoms with E-state index in [1.54, 1.807) is 13.8 Å². The van der Waals surface area contributed by atoms with Gasteiger partial charge in [-0.25, -0.2) is 0 Å². The predicted octanol–water partition coefficient (Wildman–Crippen LogP) is 2.52. The van der Waals surface area contributed by atoms with Crippen molar-refractivity contribution in [3.05, 3.63) is 11.6 Å². The molecule has 0 bridgehead atoms. The largest absolute Gasteiger partial charge is 0.393 e. The normalized spacial score (nSPS) is 49.3. The summed E-state index contributed by atoms with van der Waals surface area (Å²) >= 11 is 0. The van der Waals surface area contributed by atoms with Crippen molar-refractivity contribution in [3.63, 3.8) is 0 Å². The summed E-state index contributed by atoms with van der Waals surface area (Å²) in [6.45, 7) is 11.1. The highest BCUT2D eigenvalue weighted by atomic mass is 16.3. The van der Waals surface area contributed by atoms with E-state index in [-0.39, 0.29) is 61.3 Å². The third-order valence-corrected chi connectivity index (χ3v) is 11.7. The molecule has 0 aromatic heterocycles. The molecule has 0 heterocycles. The van der Waals surface area contributed by atoms with Crippen LogP contribution in [0.15, 0.2) is 11.6 Å². The quantitative estimate of drug-likeness (QED) is 0.434. The van der Waals surface area contributed by atoms with Crippen LogP contribution >= 0.6 is 0 Å². The molecule has 0 aromatic carbocycles. The molecule has 0 aromatic rings. The van der Waals surface area contributed by atoms with E-state index in [1.165, 1.54) is 0 Å². The second kappa shape index (κ2) is 7.37. The van der Waals surface area contributed by atoms with Gasteiger partial charge in [0.05, 0.1) is 11.7 Å².